The van der Waals surface area contributed by atoms with Gasteiger partial charge in [0.25, 0.3) is 0 Å². The first-order valence-electron chi connectivity index (χ1n) is 8.11. The van der Waals surface area contributed by atoms with Gasteiger partial charge in [-0.15, -0.1) is 0 Å². The molecule has 3 rings (SSSR count). The zero-order valence-corrected chi connectivity index (χ0v) is 13.2. The summed E-state index contributed by atoms with van der Waals surface area (Å²) in [5.41, 5.74) is 1.99. The van der Waals surface area contributed by atoms with Gasteiger partial charge >= 0.3 is 0 Å². The molecule has 1 aliphatic rings. The van der Waals surface area contributed by atoms with Gasteiger partial charge in [0.15, 0.2) is 0 Å². The van der Waals surface area contributed by atoms with E-state index in [9.17, 15) is 0 Å². The second-order valence-corrected chi connectivity index (χ2v) is 5.84. The average molecular weight is 313 g/mol. The number of hydrogen-bond acceptors (Lipinski definition) is 4. The highest BCUT2D eigenvalue weighted by atomic mass is 16.5. The Morgan fingerprint density at radius 3 is 2.17 bits per heavy atom. The summed E-state index contributed by atoms with van der Waals surface area (Å²) in [5, 5.41) is 12.4. The van der Waals surface area contributed by atoms with Gasteiger partial charge in [0, 0.05) is 6.04 Å². The number of rotatable bonds is 7. The number of ether oxygens (including phenoxy) is 2. The summed E-state index contributed by atoms with van der Waals surface area (Å²) in [6.07, 6.45) is 2.43. The maximum absolute atomic E-state index is 9.03. The van der Waals surface area contributed by atoms with E-state index in [1.807, 2.05) is 48.5 Å². The van der Waals surface area contributed by atoms with E-state index < -0.39 is 0 Å². The molecule has 2 aromatic rings. The average Bonchev–Trinajstić information content (AvgIpc) is 3.13. The highest BCUT2D eigenvalue weighted by molar-refractivity contribution is 5.31. The Labute approximate surface area is 137 Å². The predicted molar refractivity (Wildman–Crippen MR) is 89.7 cm³/mol. The smallest absolute Gasteiger partial charge is 0.120 e. The van der Waals surface area contributed by atoms with Crippen LogP contribution < -0.4 is 14.8 Å². The third-order valence-electron chi connectivity index (χ3n) is 4.05. The van der Waals surface area contributed by atoms with E-state index in [0.717, 1.165) is 35.8 Å². The molecule has 1 heterocycles. The first kappa shape index (κ1) is 15.8. The molecule has 0 spiro atoms. The van der Waals surface area contributed by atoms with Crippen molar-refractivity contribution in [1.29, 1.82) is 0 Å². The molecule has 0 saturated carbocycles. The van der Waals surface area contributed by atoms with E-state index in [4.69, 9.17) is 14.6 Å². The van der Waals surface area contributed by atoms with Crippen LogP contribution in [0.25, 0.3) is 0 Å². The molecule has 23 heavy (non-hydrogen) atoms. The van der Waals surface area contributed by atoms with Crippen LogP contribution in [0, 0.1) is 0 Å². The molecule has 1 atom stereocenters. The van der Waals surface area contributed by atoms with E-state index in [2.05, 4.69) is 5.32 Å². The highest BCUT2D eigenvalue weighted by Gasteiger charge is 2.14. The van der Waals surface area contributed by atoms with Crippen LogP contribution in [0.15, 0.2) is 48.5 Å². The van der Waals surface area contributed by atoms with Crippen molar-refractivity contribution >= 4 is 0 Å². The normalized spacial score (nSPS) is 17.2. The Hall–Kier alpha value is -2.04. The van der Waals surface area contributed by atoms with Crippen molar-refractivity contribution in [2.45, 2.75) is 32.1 Å². The number of nitrogens with one attached hydrogen (secondary N) is 1. The van der Waals surface area contributed by atoms with Crippen molar-refractivity contribution in [1.82, 2.24) is 5.32 Å². The van der Waals surface area contributed by atoms with Crippen LogP contribution in [0.4, 0.5) is 0 Å². The summed E-state index contributed by atoms with van der Waals surface area (Å²) in [5.74, 6) is 1.70. The van der Waals surface area contributed by atoms with Crippen molar-refractivity contribution in [2.24, 2.45) is 0 Å². The molecular weight excluding hydrogens is 290 g/mol. The van der Waals surface area contributed by atoms with Gasteiger partial charge in [0.05, 0.1) is 6.61 Å². The maximum atomic E-state index is 9.03. The van der Waals surface area contributed by atoms with Gasteiger partial charge in [0.1, 0.15) is 24.7 Å². The lowest BCUT2D eigenvalue weighted by Crippen LogP contribution is -2.28. The summed E-state index contributed by atoms with van der Waals surface area (Å²) in [6, 6.07) is 16.0. The number of benzene rings is 2. The first-order valence-corrected chi connectivity index (χ1v) is 8.11. The fraction of sp³-hybridized carbons (Fsp3) is 0.368. The SMILES string of the molecule is OCc1ccc(COc2ccc(OCC3CCCN3)cc2)cc1. The van der Waals surface area contributed by atoms with Gasteiger partial charge in [-0.2, -0.15) is 0 Å². The van der Waals surface area contributed by atoms with Gasteiger partial charge in [-0.25, -0.2) is 0 Å². The van der Waals surface area contributed by atoms with Crippen LogP contribution >= 0.6 is 0 Å². The lowest BCUT2D eigenvalue weighted by atomic mass is 10.1. The Bertz CT molecular complexity index is 589. The summed E-state index contributed by atoms with van der Waals surface area (Å²) in [4.78, 5) is 0. The molecule has 4 heteroatoms. The zero-order valence-electron chi connectivity index (χ0n) is 13.2. The first-order chi connectivity index (χ1) is 11.3. The molecule has 122 valence electrons. The quantitative estimate of drug-likeness (QED) is 0.825. The summed E-state index contributed by atoms with van der Waals surface area (Å²) in [7, 11) is 0. The van der Waals surface area contributed by atoms with Crippen molar-refractivity contribution in [2.75, 3.05) is 13.2 Å². The molecular formula is C19H23NO3. The molecule has 1 aliphatic heterocycles. The maximum Gasteiger partial charge on any atom is 0.120 e. The molecule has 0 bridgehead atoms. The van der Waals surface area contributed by atoms with Crippen LogP contribution in [-0.4, -0.2) is 24.3 Å². The molecule has 1 fully saturated rings. The van der Waals surface area contributed by atoms with Gasteiger partial charge in [-0.05, 0) is 54.8 Å². The minimum absolute atomic E-state index is 0.0684. The lowest BCUT2D eigenvalue weighted by molar-refractivity contribution is 0.275. The summed E-state index contributed by atoms with van der Waals surface area (Å²) in [6.45, 7) is 2.40. The molecule has 0 radical (unpaired) electrons. The monoisotopic (exact) mass is 313 g/mol. The largest absolute Gasteiger partial charge is 0.492 e. The van der Waals surface area contributed by atoms with E-state index >= 15 is 0 Å². The van der Waals surface area contributed by atoms with Crippen LogP contribution in [-0.2, 0) is 13.2 Å². The third kappa shape index (κ3) is 4.71. The molecule has 1 saturated heterocycles. The fourth-order valence-electron chi connectivity index (χ4n) is 2.64. The van der Waals surface area contributed by atoms with Crippen molar-refractivity contribution in [3.8, 4) is 11.5 Å². The van der Waals surface area contributed by atoms with Gasteiger partial charge in [0.2, 0.25) is 0 Å². The minimum atomic E-state index is 0.0684. The third-order valence-corrected chi connectivity index (χ3v) is 4.05. The summed E-state index contributed by atoms with van der Waals surface area (Å²) >= 11 is 0. The van der Waals surface area contributed by atoms with Gasteiger partial charge in [-0.1, -0.05) is 24.3 Å². The molecule has 0 aliphatic carbocycles. The number of aliphatic hydroxyl groups is 1. The molecule has 1 unspecified atom stereocenters. The molecule has 2 aromatic carbocycles. The van der Waals surface area contributed by atoms with Crippen LogP contribution in [0.1, 0.15) is 24.0 Å². The Morgan fingerprint density at radius 1 is 0.913 bits per heavy atom. The van der Waals surface area contributed by atoms with Crippen molar-refractivity contribution < 1.29 is 14.6 Å². The highest BCUT2D eigenvalue weighted by Crippen LogP contribution is 2.19. The minimum Gasteiger partial charge on any atom is -0.492 e. The van der Waals surface area contributed by atoms with E-state index in [1.54, 1.807) is 0 Å². The van der Waals surface area contributed by atoms with Crippen LogP contribution in [0.2, 0.25) is 0 Å². The molecule has 4 nitrogen and oxygen atoms in total. The Balaban J connectivity index is 1.46. The van der Waals surface area contributed by atoms with E-state index in [-0.39, 0.29) is 6.61 Å². The lowest BCUT2D eigenvalue weighted by Gasteiger charge is -2.12. The fourth-order valence-corrected chi connectivity index (χ4v) is 2.64. The topological polar surface area (TPSA) is 50.7 Å². The number of hydrogen-bond donors (Lipinski definition) is 2. The molecule has 2 N–H and O–H groups in total. The van der Waals surface area contributed by atoms with Crippen LogP contribution in [0.5, 0.6) is 11.5 Å². The molecule has 0 aromatic heterocycles. The van der Waals surface area contributed by atoms with E-state index in [0.29, 0.717) is 12.6 Å². The van der Waals surface area contributed by atoms with Crippen LogP contribution in [0.3, 0.4) is 0 Å². The number of aliphatic hydroxyl groups excluding tert-OH is 1. The second-order valence-electron chi connectivity index (χ2n) is 5.84. The molecule has 0 amide bonds. The Kier molecular flexibility index (Phi) is 5.51. The predicted octanol–water partition coefficient (Wildman–Crippen LogP) is 2.89. The van der Waals surface area contributed by atoms with Crippen molar-refractivity contribution in [3.05, 3.63) is 59.7 Å². The standard InChI is InChI=1S/C19H23NO3/c21-12-15-3-5-16(6-4-15)13-22-18-7-9-19(10-8-18)23-14-17-2-1-11-20-17/h3-10,17,20-21H,1-2,11-14H2. The van der Waals surface area contributed by atoms with E-state index in [1.165, 1.54) is 12.8 Å². The Morgan fingerprint density at radius 2 is 1.57 bits per heavy atom. The van der Waals surface area contributed by atoms with Gasteiger partial charge in [-0.3, -0.25) is 0 Å². The summed E-state index contributed by atoms with van der Waals surface area (Å²) < 4.78 is 11.6. The van der Waals surface area contributed by atoms with Crippen molar-refractivity contribution in [3.63, 3.8) is 0 Å². The van der Waals surface area contributed by atoms with Gasteiger partial charge < -0.3 is 19.9 Å². The second kappa shape index (κ2) is 7.99. The zero-order chi connectivity index (χ0) is 15.9.